The maximum absolute atomic E-state index is 13.9. The molecule has 0 bridgehead atoms. The van der Waals surface area contributed by atoms with Crippen molar-refractivity contribution in [1.29, 1.82) is 0 Å². The molecule has 0 fully saturated rings. The molecule has 1 N–H and O–H groups in total. The van der Waals surface area contributed by atoms with Gasteiger partial charge in [0.15, 0.2) is 5.75 Å². The molecule has 33 heavy (non-hydrogen) atoms. The number of hydrogen-bond acceptors (Lipinski definition) is 4. The lowest BCUT2D eigenvalue weighted by atomic mass is 9.97. The zero-order valence-electron chi connectivity index (χ0n) is 17.7. The second-order valence-electron chi connectivity index (χ2n) is 7.49. The van der Waals surface area contributed by atoms with Crippen LogP contribution in [0.3, 0.4) is 0 Å². The first-order chi connectivity index (χ1) is 15.7. The third kappa shape index (κ3) is 4.68. The Morgan fingerprint density at radius 1 is 0.939 bits per heavy atom. The van der Waals surface area contributed by atoms with E-state index < -0.39 is 17.6 Å². The topological polar surface area (TPSA) is 63.6 Å². The van der Waals surface area contributed by atoms with Crippen LogP contribution in [0.5, 0.6) is 11.5 Å². The number of carbonyl (C=O) groups excluding carboxylic acids is 1. The molecule has 0 aliphatic carbocycles. The van der Waals surface area contributed by atoms with Crippen LogP contribution in [-0.2, 0) is 4.79 Å². The molecule has 166 valence electrons. The summed E-state index contributed by atoms with van der Waals surface area (Å²) < 4.78 is 34.3. The molecule has 7 heteroatoms. The Labute approximate surface area is 192 Å². The molecule has 0 aliphatic rings. The fourth-order valence-electron chi connectivity index (χ4n) is 3.61. The Balaban J connectivity index is 1.79. The third-order valence-electron chi connectivity index (χ3n) is 5.06. The molecule has 3 aromatic carbocycles. The highest BCUT2D eigenvalue weighted by Crippen LogP contribution is 2.42. The van der Waals surface area contributed by atoms with Crippen molar-refractivity contribution >= 4 is 39.3 Å². The van der Waals surface area contributed by atoms with Crippen molar-refractivity contribution in [2.24, 2.45) is 0 Å². The number of ketones is 1. The van der Waals surface area contributed by atoms with Gasteiger partial charge in [0.2, 0.25) is 5.78 Å². The third-order valence-corrected chi connectivity index (χ3v) is 6.19. The second kappa shape index (κ2) is 8.96. The molecular weight excluding hydrogens is 446 g/mol. The number of aryl methyl sites for hydroxylation is 2. The smallest absolute Gasteiger partial charge is 0.328 e. The minimum Gasteiger partial charge on any atom is -0.478 e. The average Bonchev–Trinajstić information content (AvgIpc) is 3.09. The normalized spacial score (nSPS) is 11.3. The van der Waals surface area contributed by atoms with E-state index in [-0.39, 0.29) is 16.4 Å². The van der Waals surface area contributed by atoms with Crippen molar-refractivity contribution in [3.8, 4) is 11.5 Å². The quantitative estimate of drug-likeness (QED) is 0.249. The van der Waals surface area contributed by atoms with E-state index in [0.29, 0.717) is 38.1 Å². The first-order valence-electron chi connectivity index (χ1n) is 9.95. The molecular formula is C26H18F2O4S. The van der Waals surface area contributed by atoms with E-state index in [4.69, 9.17) is 9.84 Å². The van der Waals surface area contributed by atoms with Crippen LogP contribution < -0.4 is 4.74 Å². The SMILES string of the molecule is Cc1cc(F)cc(C)c1C(=O)c1sc2cc(F)ccc2c1Oc1ccc(/C=C/C(=O)O)cc1. The number of thiophene rings is 1. The monoisotopic (exact) mass is 464 g/mol. The van der Waals surface area contributed by atoms with Crippen LogP contribution >= 0.6 is 11.3 Å². The molecule has 1 heterocycles. The van der Waals surface area contributed by atoms with Crippen LogP contribution in [0.1, 0.15) is 31.9 Å². The number of rotatable bonds is 6. The Morgan fingerprint density at radius 3 is 2.24 bits per heavy atom. The van der Waals surface area contributed by atoms with Crippen LogP contribution in [0, 0.1) is 25.5 Å². The number of halogens is 2. The van der Waals surface area contributed by atoms with Gasteiger partial charge in [-0.3, -0.25) is 4.79 Å². The molecule has 0 amide bonds. The standard InChI is InChI=1S/C26H18F2O4S/c1-14-11-18(28)12-15(2)23(14)24(31)26-25(20-9-6-17(27)13-21(20)33-26)32-19-7-3-16(4-8-19)5-10-22(29)30/h3-13H,1-2H3,(H,29,30)/b10-5+. The Morgan fingerprint density at radius 2 is 1.61 bits per heavy atom. The largest absolute Gasteiger partial charge is 0.478 e. The molecule has 4 nitrogen and oxygen atoms in total. The molecule has 0 saturated carbocycles. The van der Waals surface area contributed by atoms with Crippen molar-refractivity contribution in [2.75, 3.05) is 0 Å². The van der Waals surface area contributed by atoms with Gasteiger partial charge in [-0.2, -0.15) is 0 Å². The Kier molecular flexibility index (Phi) is 6.07. The first-order valence-corrected chi connectivity index (χ1v) is 10.8. The van der Waals surface area contributed by atoms with Crippen molar-refractivity contribution in [1.82, 2.24) is 0 Å². The highest BCUT2D eigenvalue weighted by atomic mass is 32.1. The van der Waals surface area contributed by atoms with Crippen LogP contribution in [0.25, 0.3) is 16.2 Å². The number of fused-ring (bicyclic) bond motifs is 1. The van der Waals surface area contributed by atoms with Crippen molar-refractivity contribution in [3.05, 3.63) is 99.4 Å². The molecule has 1 aromatic heterocycles. The zero-order chi connectivity index (χ0) is 23.7. The lowest BCUT2D eigenvalue weighted by Crippen LogP contribution is -2.06. The highest BCUT2D eigenvalue weighted by Gasteiger charge is 2.25. The summed E-state index contributed by atoms with van der Waals surface area (Å²) in [5.74, 6) is -1.53. The number of ether oxygens (including phenoxy) is 1. The highest BCUT2D eigenvalue weighted by molar-refractivity contribution is 7.21. The van der Waals surface area contributed by atoms with Gasteiger partial charge in [-0.1, -0.05) is 12.1 Å². The number of aliphatic carboxylic acids is 1. The van der Waals surface area contributed by atoms with Gasteiger partial charge in [0, 0.05) is 21.7 Å². The van der Waals surface area contributed by atoms with Crippen LogP contribution in [0.15, 0.2) is 60.7 Å². The van der Waals surface area contributed by atoms with E-state index in [1.807, 2.05) is 0 Å². The molecule has 0 saturated heterocycles. The minimum atomic E-state index is -1.05. The van der Waals surface area contributed by atoms with Gasteiger partial charge in [-0.15, -0.1) is 11.3 Å². The number of carbonyl (C=O) groups is 2. The van der Waals surface area contributed by atoms with E-state index in [1.165, 1.54) is 30.3 Å². The van der Waals surface area contributed by atoms with E-state index in [2.05, 4.69) is 0 Å². The fraction of sp³-hybridized carbons (Fsp3) is 0.0769. The number of carboxylic acid groups (broad SMARTS) is 1. The van der Waals surface area contributed by atoms with Gasteiger partial charge in [0.1, 0.15) is 22.3 Å². The maximum atomic E-state index is 13.9. The van der Waals surface area contributed by atoms with Gasteiger partial charge in [0.25, 0.3) is 0 Å². The number of carboxylic acids is 1. The molecule has 4 rings (SSSR count). The Hall–Kier alpha value is -3.84. The second-order valence-corrected chi connectivity index (χ2v) is 8.54. The summed E-state index contributed by atoms with van der Waals surface area (Å²) >= 11 is 1.11. The summed E-state index contributed by atoms with van der Waals surface area (Å²) in [5, 5.41) is 9.34. The molecule has 0 atom stereocenters. The predicted octanol–water partition coefficient (Wildman–Crippen LogP) is 6.92. The molecule has 4 aromatic rings. The van der Waals surface area contributed by atoms with Gasteiger partial charge >= 0.3 is 5.97 Å². The van der Waals surface area contributed by atoms with Gasteiger partial charge < -0.3 is 9.84 Å². The lowest BCUT2D eigenvalue weighted by Gasteiger charge is -2.11. The summed E-state index contributed by atoms with van der Waals surface area (Å²) in [6.07, 6.45) is 2.48. The van der Waals surface area contributed by atoms with Gasteiger partial charge in [0.05, 0.1) is 0 Å². The first kappa shape index (κ1) is 22.4. The number of benzene rings is 3. The van der Waals surface area contributed by atoms with E-state index in [0.717, 1.165) is 17.4 Å². The van der Waals surface area contributed by atoms with Crippen molar-refractivity contribution in [2.45, 2.75) is 13.8 Å². The van der Waals surface area contributed by atoms with E-state index >= 15 is 0 Å². The van der Waals surface area contributed by atoms with E-state index in [1.54, 1.807) is 44.2 Å². The maximum Gasteiger partial charge on any atom is 0.328 e. The average molecular weight is 464 g/mol. The van der Waals surface area contributed by atoms with Crippen molar-refractivity contribution in [3.63, 3.8) is 0 Å². The summed E-state index contributed by atoms with van der Waals surface area (Å²) in [6.45, 7) is 3.33. The lowest BCUT2D eigenvalue weighted by molar-refractivity contribution is -0.131. The fourth-order valence-corrected chi connectivity index (χ4v) is 4.71. The van der Waals surface area contributed by atoms with E-state index in [9.17, 15) is 18.4 Å². The van der Waals surface area contributed by atoms with Crippen LogP contribution in [-0.4, -0.2) is 16.9 Å². The molecule has 0 radical (unpaired) electrons. The molecule has 0 unspecified atom stereocenters. The number of hydrogen-bond donors (Lipinski definition) is 1. The Bertz CT molecular complexity index is 1400. The summed E-state index contributed by atoms with van der Waals surface area (Å²) in [7, 11) is 0. The summed E-state index contributed by atoms with van der Waals surface area (Å²) in [6, 6.07) is 13.5. The van der Waals surface area contributed by atoms with Crippen LogP contribution in [0.4, 0.5) is 8.78 Å². The summed E-state index contributed by atoms with van der Waals surface area (Å²) in [5.41, 5.74) is 2.04. The predicted molar refractivity (Wildman–Crippen MR) is 124 cm³/mol. The van der Waals surface area contributed by atoms with Gasteiger partial charge in [-0.05, 0) is 79.1 Å². The molecule has 0 spiro atoms. The zero-order valence-corrected chi connectivity index (χ0v) is 18.5. The van der Waals surface area contributed by atoms with Gasteiger partial charge in [-0.25, -0.2) is 13.6 Å². The minimum absolute atomic E-state index is 0.281. The van der Waals surface area contributed by atoms with Crippen LogP contribution in [0.2, 0.25) is 0 Å². The molecule has 0 aliphatic heterocycles. The summed E-state index contributed by atoms with van der Waals surface area (Å²) in [4.78, 5) is 24.5. The van der Waals surface area contributed by atoms with Crippen molar-refractivity contribution < 1.29 is 28.2 Å².